The standard InChI is InChI=1S/C24H32N2O5/c1-6-20(24(28)25-2)26(16-18-7-11-19(29-3)12-8-18)23(27)14-10-17-9-13-21(30-4)22(15-17)31-5/h7-9,11-13,15,20H,6,10,14,16H2,1-5H3,(H,25,28)/t20-/m0/s1. The Morgan fingerprint density at radius 3 is 2.13 bits per heavy atom. The molecule has 0 saturated carbocycles. The molecule has 31 heavy (non-hydrogen) atoms. The van der Waals surface area contributed by atoms with Crippen LogP contribution < -0.4 is 19.5 Å². The fraction of sp³-hybridized carbons (Fsp3) is 0.417. The van der Waals surface area contributed by atoms with Gasteiger partial charge in [0.05, 0.1) is 21.3 Å². The van der Waals surface area contributed by atoms with E-state index in [2.05, 4.69) is 5.32 Å². The van der Waals surface area contributed by atoms with Crippen LogP contribution in [0, 0.1) is 0 Å². The van der Waals surface area contributed by atoms with E-state index in [9.17, 15) is 9.59 Å². The summed E-state index contributed by atoms with van der Waals surface area (Å²) in [5.41, 5.74) is 1.89. The first-order chi connectivity index (χ1) is 15.0. The van der Waals surface area contributed by atoms with Crippen LogP contribution in [-0.2, 0) is 22.6 Å². The van der Waals surface area contributed by atoms with Gasteiger partial charge in [-0.05, 0) is 48.2 Å². The van der Waals surface area contributed by atoms with E-state index in [1.165, 1.54) is 0 Å². The van der Waals surface area contributed by atoms with Gasteiger partial charge in [0.25, 0.3) is 0 Å². The van der Waals surface area contributed by atoms with Gasteiger partial charge in [-0.25, -0.2) is 0 Å². The number of hydrogen-bond acceptors (Lipinski definition) is 5. The van der Waals surface area contributed by atoms with E-state index in [4.69, 9.17) is 14.2 Å². The SMILES string of the molecule is CC[C@@H](C(=O)NC)N(Cc1ccc(OC)cc1)C(=O)CCc1ccc(OC)c(OC)c1. The Bertz CT molecular complexity index is 867. The number of carbonyl (C=O) groups is 2. The van der Waals surface area contributed by atoms with E-state index >= 15 is 0 Å². The lowest BCUT2D eigenvalue weighted by molar-refractivity contribution is -0.141. The Balaban J connectivity index is 2.19. The predicted molar refractivity (Wildman–Crippen MR) is 120 cm³/mol. The minimum absolute atomic E-state index is 0.0824. The van der Waals surface area contributed by atoms with E-state index in [-0.39, 0.29) is 18.2 Å². The molecule has 0 bridgehead atoms. The van der Waals surface area contributed by atoms with Crippen LogP contribution in [0.25, 0.3) is 0 Å². The highest BCUT2D eigenvalue weighted by atomic mass is 16.5. The minimum atomic E-state index is -0.537. The lowest BCUT2D eigenvalue weighted by Gasteiger charge is -2.30. The number of benzene rings is 2. The smallest absolute Gasteiger partial charge is 0.242 e. The summed E-state index contributed by atoms with van der Waals surface area (Å²) < 4.78 is 15.8. The van der Waals surface area contributed by atoms with Crippen molar-refractivity contribution < 1.29 is 23.8 Å². The second-order valence-corrected chi connectivity index (χ2v) is 7.10. The molecule has 168 valence electrons. The largest absolute Gasteiger partial charge is 0.497 e. The summed E-state index contributed by atoms with van der Waals surface area (Å²) in [6, 6.07) is 12.6. The van der Waals surface area contributed by atoms with Gasteiger partial charge in [-0.3, -0.25) is 9.59 Å². The third kappa shape index (κ3) is 6.38. The molecule has 0 aliphatic rings. The number of rotatable bonds is 11. The number of amides is 2. The lowest BCUT2D eigenvalue weighted by atomic mass is 10.1. The van der Waals surface area contributed by atoms with Crippen LogP contribution in [-0.4, -0.2) is 51.1 Å². The van der Waals surface area contributed by atoms with E-state index in [1.54, 1.807) is 33.3 Å². The van der Waals surface area contributed by atoms with Crippen LogP contribution in [0.4, 0.5) is 0 Å². The molecule has 7 heteroatoms. The molecular weight excluding hydrogens is 396 g/mol. The van der Waals surface area contributed by atoms with Crippen LogP contribution >= 0.6 is 0 Å². The number of ether oxygens (including phenoxy) is 3. The number of hydrogen-bond donors (Lipinski definition) is 1. The molecule has 0 unspecified atom stereocenters. The maximum atomic E-state index is 13.2. The Labute approximate surface area is 184 Å². The maximum absolute atomic E-state index is 13.2. The zero-order valence-electron chi connectivity index (χ0n) is 18.9. The molecule has 1 atom stereocenters. The number of nitrogens with one attached hydrogen (secondary N) is 1. The Hall–Kier alpha value is -3.22. The molecule has 2 amide bonds. The summed E-state index contributed by atoms with van der Waals surface area (Å²) >= 11 is 0. The van der Waals surface area contributed by atoms with Crippen molar-refractivity contribution in [3.8, 4) is 17.2 Å². The third-order valence-corrected chi connectivity index (χ3v) is 5.22. The fourth-order valence-corrected chi connectivity index (χ4v) is 3.44. The normalized spacial score (nSPS) is 11.4. The zero-order valence-corrected chi connectivity index (χ0v) is 18.9. The Morgan fingerprint density at radius 1 is 0.935 bits per heavy atom. The molecular formula is C24H32N2O5. The Morgan fingerprint density at radius 2 is 1.58 bits per heavy atom. The van der Waals surface area contributed by atoms with Crippen LogP contribution in [0.5, 0.6) is 17.2 Å². The quantitative estimate of drug-likeness (QED) is 0.595. The molecule has 0 spiro atoms. The van der Waals surface area contributed by atoms with Gasteiger partial charge in [0.15, 0.2) is 11.5 Å². The van der Waals surface area contributed by atoms with Crippen molar-refractivity contribution >= 4 is 11.8 Å². The van der Waals surface area contributed by atoms with Crippen molar-refractivity contribution in [1.82, 2.24) is 10.2 Å². The maximum Gasteiger partial charge on any atom is 0.242 e. The fourth-order valence-electron chi connectivity index (χ4n) is 3.44. The number of methoxy groups -OCH3 is 3. The first-order valence-electron chi connectivity index (χ1n) is 10.3. The molecule has 0 radical (unpaired) electrons. The summed E-state index contributed by atoms with van der Waals surface area (Å²) in [4.78, 5) is 27.3. The molecule has 0 aromatic heterocycles. The van der Waals surface area contributed by atoms with Crippen molar-refractivity contribution in [1.29, 1.82) is 0 Å². The van der Waals surface area contributed by atoms with Gasteiger partial charge in [0.1, 0.15) is 11.8 Å². The average molecular weight is 429 g/mol. The number of likely N-dealkylation sites (N-methyl/N-ethyl adjacent to an activating group) is 1. The molecule has 2 aromatic rings. The van der Waals surface area contributed by atoms with Gasteiger partial charge in [-0.15, -0.1) is 0 Å². The lowest BCUT2D eigenvalue weighted by Crippen LogP contribution is -2.48. The van der Waals surface area contributed by atoms with Crippen molar-refractivity contribution in [2.45, 2.75) is 38.8 Å². The summed E-state index contributed by atoms with van der Waals surface area (Å²) in [6.07, 6.45) is 1.33. The first kappa shape index (κ1) is 24.1. The highest BCUT2D eigenvalue weighted by Gasteiger charge is 2.27. The van der Waals surface area contributed by atoms with E-state index in [0.29, 0.717) is 30.9 Å². The van der Waals surface area contributed by atoms with Crippen LogP contribution in [0.3, 0.4) is 0 Å². The second kappa shape index (κ2) is 11.8. The van der Waals surface area contributed by atoms with Crippen molar-refractivity contribution in [3.05, 3.63) is 53.6 Å². The molecule has 1 N–H and O–H groups in total. The predicted octanol–water partition coefficient (Wildman–Crippen LogP) is 3.20. The summed E-state index contributed by atoms with van der Waals surface area (Å²) in [5, 5.41) is 2.67. The van der Waals surface area contributed by atoms with Crippen molar-refractivity contribution in [3.63, 3.8) is 0 Å². The second-order valence-electron chi connectivity index (χ2n) is 7.10. The number of carbonyl (C=O) groups excluding carboxylic acids is 2. The molecule has 0 fully saturated rings. The summed E-state index contributed by atoms with van der Waals surface area (Å²) in [6.45, 7) is 2.25. The van der Waals surface area contributed by atoms with Crippen molar-refractivity contribution in [2.24, 2.45) is 0 Å². The summed E-state index contributed by atoms with van der Waals surface area (Å²) in [7, 11) is 6.36. The molecule has 2 aromatic carbocycles. The van der Waals surface area contributed by atoms with Crippen LogP contribution in [0.15, 0.2) is 42.5 Å². The van der Waals surface area contributed by atoms with Crippen molar-refractivity contribution in [2.75, 3.05) is 28.4 Å². The minimum Gasteiger partial charge on any atom is -0.497 e. The summed E-state index contributed by atoms with van der Waals surface area (Å²) in [5.74, 6) is 1.76. The average Bonchev–Trinajstić information content (AvgIpc) is 2.82. The molecule has 7 nitrogen and oxygen atoms in total. The van der Waals surface area contributed by atoms with Gasteiger partial charge < -0.3 is 24.4 Å². The van der Waals surface area contributed by atoms with Crippen LogP contribution in [0.1, 0.15) is 30.9 Å². The monoisotopic (exact) mass is 428 g/mol. The van der Waals surface area contributed by atoms with Crippen LogP contribution in [0.2, 0.25) is 0 Å². The number of aryl methyl sites for hydroxylation is 1. The highest BCUT2D eigenvalue weighted by Crippen LogP contribution is 2.28. The van der Waals surface area contributed by atoms with Gasteiger partial charge in [0.2, 0.25) is 11.8 Å². The van der Waals surface area contributed by atoms with E-state index in [0.717, 1.165) is 16.9 Å². The van der Waals surface area contributed by atoms with E-state index in [1.807, 2.05) is 49.4 Å². The van der Waals surface area contributed by atoms with Gasteiger partial charge in [0, 0.05) is 20.0 Å². The van der Waals surface area contributed by atoms with Gasteiger partial charge in [-0.2, -0.15) is 0 Å². The third-order valence-electron chi connectivity index (χ3n) is 5.22. The topological polar surface area (TPSA) is 77.1 Å². The molecule has 0 saturated heterocycles. The number of nitrogens with zero attached hydrogens (tertiary/aromatic N) is 1. The molecule has 0 aliphatic carbocycles. The zero-order chi connectivity index (χ0) is 22.8. The molecule has 2 rings (SSSR count). The van der Waals surface area contributed by atoms with Gasteiger partial charge >= 0.3 is 0 Å². The molecule has 0 heterocycles. The first-order valence-corrected chi connectivity index (χ1v) is 10.3. The Kier molecular flexibility index (Phi) is 9.18. The van der Waals surface area contributed by atoms with Gasteiger partial charge in [-0.1, -0.05) is 25.1 Å². The van der Waals surface area contributed by atoms with E-state index < -0.39 is 6.04 Å². The highest BCUT2D eigenvalue weighted by molar-refractivity contribution is 5.87. The molecule has 0 aliphatic heterocycles.